The summed E-state index contributed by atoms with van der Waals surface area (Å²) in [6.45, 7) is 20.5. The number of benzene rings is 1. The topological polar surface area (TPSA) is 34.2 Å². The highest BCUT2D eigenvalue weighted by Gasteiger charge is 2.26. The molecule has 3 nitrogen and oxygen atoms in total. The summed E-state index contributed by atoms with van der Waals surface area (Å²) in [7, 11) is 0. The lowest BCUT2D eigenvalue weighted by Crippen LogP contribution is -2.45. The predicted molar refractivity (Wildman–Crippen MR) is 151 cm³/mol. The minimum Gasteiger partial charge on any atom is -0.301 e. The van der Waals surface area contributed by atoms with E-state index in [0.717, 1.165) is 29.7 Å². The number of aryl methyl sites for hydroxylation is 1. The Morgan fingerprint density at radius 2 is 1.80 bits per heavy atom. The molecule has 1 aromatic heterocycles. The van der Waals surface area contributed by atoms with E-state index >= 15 is 0 Å². The Hall–Kier alpha value is -2.23. The highest BCUT2D eigenvalue weighted by molar-refractivity contribution is 5.59. The molecular formula is C32H48N2O. The van der Waals surface area contributed by atoms with Crippen LogP contribution in [0.4, 0.5) is 0 Å². The van der Waals surface area contributed by atoms with Crippen LogP contribution in [0.5, 0.6) is 0 Å². The van der Waals surface area contributed by atoms with Gasteiger partial charge in [-0.25, -0.2) is 0 Å². The Labute approximate surface area is 215 Å². The molecule has 2 aromatic rings. The lowest BCUT2D eigenvalue weighted by Gasteiger charge is -2.31. The van der Waals surface area contributed by atoms with E-state index in [4.69, 9.17) is 4.84 Å². The molecule has 0 bridgehead atoms. The summed E-state index contributed by atoms with van der Waals surface area (Å²) >= 11 is 0. The molecule has 1 atom stereocenters. The van der Waals surface area contributed by atoms with E-state index in [-0.39, 0.29) is 5.54 Å². The maximum absolute atomic E-state index is 5.98. The number of hydrogen-bond acceptors (Lipinski definition) is 3. The van der Waals surface area contributed by atoms with E-state index in [1.54, 1.807) is 5.57 Å². The van der Waals surface area contributed by atoms with Gasteiger partial charge in [-0.05, 0) is 75.5 Å². The van der Waals surface area contributed by atoms with Crippen LogP contribution in [0, 0.1) is 12.3 Å². The van der Waals surface area contributed by atoms with Gasteiger partial charge in [-0.1, -0.05) is 94.7 Å². The van der Waals surface area contributed by atoms with Crippen LogP contribution in [0.1, 0.15) is 91.2 Å². The molecule has 0 aliphatic heterocycles. The van der Waals surface area contributed by atoms with Crippen LogP contribution < -0.4 is 5.48 Å². The van der Waals surface area contributed by atoms with Crippen LogP contribution in [0.25, 0.3) is 11.3 Å². The van der Waals surface area contributed by atoms with Gasteiger partial charge in [0.05, 0.1) is 17.8 Å². The number of allylic oxidation sites excluding steroid dienone is 1. The van der Waals surface area contributed by atoms with Crippen molar-refractivity contribution >= 4 is 0 Å². The highest BCUT2D eigenvalue weighted by atomic mass is 16.6. The zero-order chi connectivity index (χ0) is 25.9. The monoisotopic (exact) mass is 476 g/mol. The van der Waals surface area contributed by atoms with Crippen LogP contribution in [-0.4, -0.2) is 17.1 Å². The van der Waals surface area contributed by atoms with Gasteiger partial charge in [-0.3, -0.25) is 4.98 Å². The van der Waals surface area contributed by atoms with Crippen molar-refractivity contribution in [2.45, 2.75) is 99.0 Å². The first-order chi connectivity index (χ1) is 16.6. The quantitative estimate of drug-likeness (QED) is 0.158. The van der Waals surface area contributed by atoms with Gasteiger partial charge in [0.25, 0.3) is 0 Å². The molecule has 0 saturated carbocycles. The van der Waals surface area contributed by atoms with Crippen molar-refractivity contribution in [3.63, 3.8) is 0 Å². The van der Waals surface area contributed by atoms with Gasteiger partial charge in [0.15, 0.2) is 0 Å². The van der Waals surface area contributed by atoms with Crippen molar-refractivity contribution in [2.75, 3.05) is 6.61 Å². The van der Waals surface area contributed by atoms with Crippen molar-refractivity contribution in [3.05, 3.63) is 77.5 Å². The number of nitrogens with zero attached hydrogens (tertiary/aromatic N) is 1. The lowest BCUT2D eigenvalue weighted by atomic mass is 9.81. The second kappa shape index (κ2) is 13.8. The molecule has 1 N–H and O–H groups in total. The Morgan fingerprint density at radius 1 is 1.09 bits per heavy atom. The van der Waals surface area contributed by atoms with Crippen molar-refractivity contribution in [3.8, 4) is 11.3 Å². The van der Waals surface area contributed by atoms with Crippen LogP contribution >= 0.6 is 0 Å². The fraction of sp³-hybridized carbons (Fsp3) is 0.531. The molecule has 1 aromatic carbocycles. The number of hydrogen-bond donors (Lipinski definition) is 1. The molecule has 2 rings (SSSR count). The summed E-state index contributed by atoms with van der Waals surface area (Å²) in [6.07, 6.45) is 12.1. The van der Waals surface area contributed by atoms with E-state index < -0.39 is 0 Å². The normalized spacial score (nSPS) is 14.1. The van der Waals surface area contributed by atoms with E-state index in [1.165, 1.54) is 43.2 Å². The lowest BCUT2D eigenvalue weighted by molar-refractivity contribution is -0.00320. The standard InChI is InChI=1S/C32H48N2O/c1-9-11-13-27(22-31(6,7)10-2)14-12-21-35-34-32(8,25(3)4)23-28-16-18-29(19-17-28)30-20-15-26(5)24-33-30/h14-20,24,34H,3,9-13,21-23H2,1-2,4-8H3/b27-14+. The molecule has 192 valence electrons. The minimum atomic E-state index is -0.331. The fourth-order valence-corrected chi connectivity index (χ4v) is 4.05. The summed E-state index contributed by atoms with van der Waals surface area (Å²) in [6, 6.07) is 12.8. The Bertz CT molecular complexity index is 941. The Kier molecular flexibility index (Phi) is 11.4. The molecule has 1 heterocycles. The smallest absolute Gasteiger partial charge is 0.0717 e. The van der Waals surface area contributed by atoms with Gasteiger partial charge in [-0.2, -0.15) is 5.48 Å². The number of unbranched alkanes of at least 4 members (excludes halogenated alkanes) is 1. The zero-order valence-electron chi connectivity index (χ0n) is 23.3. The van der Waals surface area contributed by atoms with Crippen molar-refractivity contribution < 1.29 is 4.84 Å². The first-order valence-corrected chi connectivity index (χ1v) is 13.3. The Balaban J connectivity index is 1.94. The zero-order valence-corrected chi connectivity index (χ0v) is 23.3. The molecule has 0 fully saturated rings. The average Bonchev–Trinajstić information content (AvgIpc) is 2.83. The Morgan fingerprint density at radius 3 is 2.37 bits per heavy atom. The first kappa shape index (κ1) is 29.0. The van der Waals surface area contributed by atoms with Gasteiger partial charge in [0, 0.05) is 11.8 Å². The van der Waals surface area contributed by atoms with Gasteiger partial charge >= 0.3 is 0 Å². The van der Waals surface area contributed by atoms with Crippen LogP contribution in [0.2, 0.25) is 0 Å². The summed E-state index contributed by atoms with van der Waals surface area (Å²) in [5, 5.41) is 0. The van der Waals surface area contributed by atoms with Crippen LogP contribution in [0.15, 0.2) is 66.4 Å². The average molecular weight is 477 g/mol. The maximum Gasteiger partial charge on any atom is 0.0717 e. The van der Waals surface area contributed by atoms with Gasteiger partial charge in [-0.15, -0.1) is 0 Å². The van der Waals surface area contributed by atoms with E-state index in [1.807, 2.05) is 6.20 Å². The highest BCUT2D eigenvalue weighted by Crippen LogP contribution is 2.31. The van der Waals surface area contributed by atoms with E-state index in [0.29, 0.717) is 12.0 Å². The summed E-state index contributed by atoms with van der Waals surface area (Å²) < 4.78 is 0. The summed E-state index contributed by atoms with van der Waals surface area (Å²) in [5.74, 6) is 0. The first-order valence-electron chi connectivity index (χ1n) is 13.3. The third-order valence-corrected chi connectivity index (χ3v) is 7.13. The van der Waals surface area contributed by atoms with Gasteiger partial charge in [0.2, 0.25) is 0 Å². The second-order valence-corrected chi connectivity index (χ2v) is 11.1. The molecule has 1 unspecified atom stereocenters. The van der Waals surface area contributed by atoms with Crippen molar-refractivity contribution in [1.29, 1.82) is 0 Å². The molecule has 0 radical (unpaired) electrons. The summed E-state index contributed by atoms with van der Waals surface area (Å²) in [5.41, 5.74) is 10.5. The molecule has 0 aliphatic rings. The van der Waals surface area contributed by atoms with Crippen molar-refractivity contribution in [2.24, 2.45) is 5.41 Å². The number of aromatic nitrogens is 1. The number of rotatable bonds is 15. The van der Waals surface area contributed by atoms with Crippen LogP contribution in [0.3, 0.4) is 0 Å². The third kappa shape index (κ3) is 9.74. The predicted octanol–water partition coefficient (Wildman–Crippen LogP) is 8.79. The summed E-state index contributed by atoms with van der Waals surface area (Å²) in [4.78, 5) is 10.5. The minimum absolute atomic E-state index is 0.331. The SMILES string of the molecule is C=C(C)C(C)(Cc1ccc(-c2ccc(C)cn2)cc1)NOCC/C=C(\CCCC)CC(C)(C)CC. The van der Waals surface area contributed by atoms with Crippen molar-refractivity contribution in [1.82, 2.24) is 10.5 Å². The molecule has 3 heteroatoms. The van der Waals surface area contributed by atoms with Gasteiger partial charge < -0.3 is 4.84 Å². The van der Waals surface area contributed by atoms with Gasteiger partial charge in [0.1, 0.15) is 0 Å². The molecule has 0 saturated heterocycles. The molecule has 0 amide bonds. The molecular weight excluding hydrogens is 428 g/mol. The number of hydroxylamine groups is 1. The molecule has 35 heavy (non-hydrogen) atoms. The number of pyridine rings is 1. The van der Waals surface area contributed by atoms with E-state index in [9.17, 15) is 0 Å². The third-order valence-electron chi connectivity index (χ3n) is 7.13. The largest absolute Gasteiger partial charge is 0.301 e. The second-order valence-electron chi connectivity index (χ2n) is 11.1. The molecule has 0 spiro atoms. The fourth-order valence-electron chi connectivity index (χ4n) is 4.05. The van der Waals surface area contributed by atoms with Crippen LogP contribution in [-0.2, 0) is 11.3 Å². The van der Waals surface area contributed by atoms with E-state index in [2.05, 4.69) is 108 Å². The molecule has 0 aliphatic carbocycles. The maximum atomic E-state index is 5.98. The number of nitrogens with one attached hydrogen (secondary N) is 1.